The van der Waals surface area contributed by atoms with E-state index in [1.165, 1.54) is 54.1 Å². The first-order chi connectivity index (χ1) is 26.2. The van der Waals surface area contributed by atoms with Crippen molar-refractivity contribution in [3.05, 3.63) is 193 Å². The van der Waals surface area contributed by atoms with E-state index in [-0.39, 0.29) is 0 Å². The number of nitrogens with zero attached hydrogens (tertiary/aromatic N) is 3. The Hall–Kier alpha value is -7.04. The van der Waals surface area contributed by atoms with Gasteiger partial charge in [-0.2, -0.15) is 0 Å². The third-order valence-electron chi connectivity index (χ3n) is 10.4. The SMILES string of the molecule is C=N/C(=C\C(=NCc1ccc(-n2c3cc4ccccc4cc3c3cc4c(cc32)[nH]c2cc3ccccc3cc24)cc1)c1ccccc1)c1ccccc1. The molecule has 4 nitrogen and oxygen atoms in total. The van der Waals surface area contributed by atoms with Crippen LogP contribution >= 0.6 is 0 Å². The number of hydrogen-bond donors (Lipinski definition) is 1. The molecule has 4 heteroatoms. The Morgan fingerprint density at radius 3 is 1.74 bits per heavy atom. The zero-order valence-electron chi connectivity index (χ0n) is 29.0. The van der Waals surface area contributed by atoms with Crippen molar-refractivity contribution >= 4 is 83.3 Å². The largest absolute Gasteiger partial charge is 0.354 e. The van der Waals surface area contributed by atoms with Gasteiger partial charge in [0.1, 0.15) is 0 Å². The second-order valence-corrected chi connectivity index (χ2v) is 13.6. The van der Waals surface area contributed by atoms with Gasteiger partial charge in [0.15, 0.2) is 0 Å². The van der Waals surface area contributed by atoms with E-state index in [0.29, 0.717) is 6.54 Å². The Morgan fingerprint density at radius 1 is 0.528 bits per heavy atom. The van der Waals surface area contributed by atoms with Crippen LogP contribution in [0.1, 0.15) is 16.7 Å². The van der Waals surface area contributed by atoms with Crippen molar-refractivity contribution < 1.29 is 0 Å². The highest BCUT2D eigenvalue weighted by molar-refractivity contribution is 6.21. The standard InChI is InChI=1S/C49H34N4/c1-50-44(33-12-4-2-5-13-33)29-45(34-14-6-3-7-15-34)51-31-32-20-22-39(23-21-32)53-48-27-38-19-11-9-17-36(38)25-42(48)43-28-41-40-24-35-16-8-10-18-37(35)26-46(40)52-47(41)30-49(43)53/h2-30,52H,1,31H2/b44-29-,51-45?. The van der Waals surface area contributed by atoms with Crippen molar-refractivity contribution in [1.29, 1.82) is 0 Å². The summed E-state index contributed by atoms with van der Waals surface area (Å²) < 4.78 is 2.41. The van der Waals surface area contributed by atoms with Gasteiger partial charge in [0.2, 0.25) is 0 Å². The van der Waals surface area contributed by atoms with E-state index < -0.39 is 0 Å². The molecule has 0 aliphatic heterocycles. The summed E-state index contributed by atoms with van der Waals surface area (Å²) in [5.41, 5.74) is 10.6. The number of nitrogens with one attached hydrogen (secondary N) is 1. The number of aromatic nitrogens is 2. The van der Waals surface area contributed by atoms with Crippen LogP contribution in [0.4, 0.5) is 0 Å². The molecule has 0 radical (unpaired) electrons. The first-order valence-electron chi connectivity index (χ1n) is 17.9. The Kier molecular flexibility index (Phi) is 7.33. The van der Waals surface area contributed by atoms with Crippen LogP contribution in [0, 0.1) is 0 Å². The van der Waals surface area contributed by atoms with E-state index in [1.54, 1.807) is 0 Å². The van der Waals surface area contributed by atoms with Crippen molar-refractivity contribution in [3.63, 3.8) is 0 Å². The number of rotatable bonds is 7. The van der Waals surface area contributed by atoms with Crippen molar-refractivity contribution in [2.24, 2.45) is 9.98 Å². The van der Waals surface area contributed by atoms with Crippen LogP contribution in [0.2, 0.25) is 0 Å². The number of benzene rings is 8. The van der Waals surface area contributed by atoms with Gasteiger partial charge in [-0.25, -0.2) is 0 Å². The van der Waals surface area contributed by atoms with Gasteiger partial charge in [-0.3, -0.25) is 9.98 Å². The normalized spacial score (nSPS) is 12.5. The second kappa shape index (κ2) is 12.6. The Labute approximate surface area is 306 Å². The molecular weight excluding hydrogens is 645 g/mol. The van der Waals surface area contributed by atoms with Crippen LogP contribution in [0.25, 0.3) is 76.5 Å². The molecule has 53 heavy (non-hydrogen) atoms. The Bertz CT molecular complexity index is 3070. The monoisotopic (exact) mass is 678 g/mol. The predicted molar refractivity (Wildman–Crippen MR) is 226 cm³/mol. The van der Waals surface area contributed by atoms with E-state index >= 15 is 0 Å². The van der Waals surface area contributed by atoms with Gasteiger partial charge in [0.25, 0.3) is 0 Å². The average Bonchev–Trinajstić information content (AvgIpc) is 3.72. The molecule has 1 N–H and O–H groups in total. The summed E-state index contributed by atoms with van der Waals surface area (Å²) in [7, 11) is 0. The van der Waals surface area contributed by atoms with Gasteiger partial charge in [-0.1, -0.05) is 121 Å². The lowest BCUT2D eigenvalue weighted by Gasteiger charge is -2.10. The van der Waals surface area contributed by atoms with Crippen LogP contribution in [0.5, 0.6) is 0 Å². The summed E-state index contributed by atoms with van der Waals surface area (Å²) >= 11 is 0. The molecule has 0 saturated heterocycles. The van der Waals surface area contributed by atoms with Crippen LogP contribution in [0.15, 0.2) is 186 Å². The molecule has 0 unspecified atom stereocenters. The van der Waals surface area contributed by atoms with Gasteiger partial charge >= 0.3 is 0 Å². The lowest BCUT2D eigenvalue weighted by Crippen LogP contribution is -2.00. The summed E-state index contributed by atoms with van der Waals surface area (Å²) in [5.74, 6) is 0. The molecule has 2 heterocycles. The molecule has 250 valence electrons. The van der Waals surface area contributed by atoms with Crippen molar-refractivity contribution in [1.82, 2.24) is 9.55 Å². The summed E-state index contributed by atoms with van der Waals surface area (Å²) in [6, 6.07) is 60.4. The molecule has 0 fully saturated rings. The minimum absolute atomic E-state index is 0.530. The topological polar surface area (TPSA) is 45.4 Å². The Morgan fingerprint density at radius 2 is 1.06 bits per heavy atom. The second-order valence-electron chi connectivity index (χ2n) is 13.6. The van der Waals surface area contributed by atoms with Crippen LogP contribution in [-0.4, -0.2) is 22.0 Å². The molecule has 0 atom stereocenters. The number of fused-ring (bicyclic) bond motifs is 8. The maximum Gasteiger partial charge on any atom is 0.0716 e. The molecular formula is C49H34N4. The average molecular weight is 679 g/mol. The molecule has 2 aromatic heterocycles. The van der Waals surface area contributed by atoms with E-state index in [2.05, 4.69) is 143 Å². The number of aliphatic imine (C=N–C) groups is 2. The highest BCUT2D eigenvalue weighted by Crippen LogP contribution is 2.39. The third kappa shape index (κ3) is 5.40. The fraction of sp³-hybridized carbons (Fsp3) is 0.0204. The van der Waals surface area contributed by atoms with Crippen LogP contribution in [-0.2, 0) is 6.54 Å². The number of hydrogen-bond acceptors (Lipinski definition) is 2. The smallest absolute Gasteiger partial charge is 0.0716 e. The third-order valence-corrected chi connectivity index (χ3v) is 10.4. The van der Waals surface area contributed by atoms with Crippen molar-refractivity contribution in [2.75, 3.05) is 0 Å². The zero-order valence-corrected chi connectivity index (χ0v) is 29.0. The summed E-state index contributed by atoms with van der Waals surface area (Å²) in [6.07, 6.45) is 2.03. The van der Waals surface area contributed by atoms with Gasteiger partial charge in [-0.15, -0.1) is 0 Å². The van der Waals surface area contributed by atoms with Crippen LogP contribution in [0.3, 0.4) is 0 Å². The molecule has 8 aromatic carbocycles. The predicted octanol–water partition coefficient (Wildman–Crippen LogP) is 12.5. The summed E-state index contributed by atoms with van der Waals surface area (Å²) in [4.78, 5) is 13.2. The van der Waals surface area contributed by atoms with E-state index in [4.69, 9.17) is 4.99 Å². The Balaban J connectivity index is 1.10. The first kappa shape index (κ1) is 30.8. The molecule has 0 amide bonds. The fourth-order valence-corrected chi connectivity index (χ4v) is 7.78. The minimum Gasteiger partial charge on any atom is -0.354 e. The number of allylic oxidation sites excluding steroid dienone is 1. The van der Waals surface area contributed by atoms with Gasteiger partial charge in [-0.05, 0) is 94.0 Å². The quantitative estimate of drug-likeness (QED) is 0.163. The molecule has 0 aliphatic carbocycles. The molecule has 0 saturated carbocycles. The fourth-order valence-electron chi connectivity index (χ4n) is 7.78. The minimum atomic E-state index is 0.530. The van der Waals surface area contributed by atoms with E-state index in [0.717, 1.165) is 44.8 Å². The highest BCUT2D eigenvalue weighted by Gasteiger charge is 2.17. The molecule has 0 bridgehead atoms. The van der Waals surface area contributed by atoms with Crippen molar-refractivity contribution in [3.8, 4) is 5.69 Å². The first-order valence-corrected chi connectivity index (χ1v) is 17.9. The van der Waals surface area contributed by atoms with Crippen molar-refractivity contribution in [2.45, 2.75) is 6.54 Å². The highest BCUT2D eigenvalue weighted by atomic mass is 15.0. The van der Waals surface area contributed by atoms with Gasteiger partial charge in [0.05, 0.1) is 29.0 Å². The number of aromatic amines is 1. The summed E-state index contributed by atoms with van der Waals surface area (Å²) in [6.45, 7) is 4.39. The van der Waals surface area contributed by atoms with E-state index in [9.17, 15) is 0 Å². The maximum absolute atomic E-state index is 5.12. The van der Waals surface area contributed by atoms with Gasteiger partial charge < -0.3 is 9.55 Å². The molecule has 0 aliphatic rings. The molecule has 10 rings (SSSR count). The molecule has 10 aromatic rings. The van der Waals surface area contributed by atoms with E-state index in [1.807, 2.05) is 54.6 Å². The van der Waals surface area contributed by atoms with Gasteiger partial charge in [0, 0.05) is 43.8 Å². The maximum atomic E-state index is 5.12. The zero-order chi connectivity index (χ0) is 35.3. The molecule has 0 spiro atoms. The lowest BCUT2D eigenvalue weighted by atomic mass is 10.0. The van der Waals surface area contributed by atoms with Crippen LogP contribution < -0.4 is 0 Å². The lowest BCUT2D eigenvalue weighted by molar-refractivity contribution is 1.06. The number of H-pyrrole nitrogens is 1. The summed E-state index contributed by atoms with van der Waals surface area (Å²) in [5, 5.41) is 9.92.